The minimum absolute atomic E-state index is 0.0274. The first-order valence-electron chi connectivity index (χ1n) is 8.15. The normalized spacial score (nSPS) is 18.6. The largest absolute Gasteiger partial charge is 0.508 e. The SMILES string of the molecule is COc1ccc(/C(O)=C2/C(=O)C(=O)N(C)C2c2ccc(O)cc2)cc1OC. The van der Waals surface area contributed by atoms with Gasteiger partial charge in [-0.05, 0) is 35.9 Å². The zero-order valence-electron chi connectivity index (χ0n) is 15.1. The number of phenols is 1. The van der Waals surface area contributed by atoms with E-state index in [1.165, 1.54) is 44.4 Å². The van der Waals surface area contributed by atoms with Crippen molar-refractivity contribution in [2.45, 2.75) is 6.04 Å². The lowest BCUT2D eigenvalue weighted by Crippen LogP contribution is -2.24. The zero-order chi connectivity index (χ0) is 19.7. The first-order chi connectivity index (χ1) is 12.9. The smallest absolute Gasteiger partial charge is 0.295 e. The topological polar surface area (TPSA) is 96.3 Å². The number of amides is 1. The van der Waals surface area contributed by atoms with Crippen molar-refractivity contribution in [2.24, 2.45) is 0 Å². The van der Waals surface area contributed by atoms with E-state index in [1.54, 1.807) is 24.3 Å². The molecule has 1 heterocycles. The molecular formula is C20H19NO6. The van der Waals surface area contributed by atoms with Gasteiger partial charge in [-0.3, -0.25) is 9.59 Å². The number of likely N-dealkylation sites (tertiary alicyclic amines) is 1. The first-order valence-corrected chi connectivity index (χ1v) is 8.15. The molecule has 0 bridgehead atoms. The second kappa shape index (κ2) is 7.03. The summed E-state index contributed by atoms with van der Waals surface area (Å²) >= 11 is 0. The molecule has 27 heavy (non-hydrogen) atoms. The van der Waals surface area contributed by atoms with Crippen LogP contribution in [0.25, 0.3) is 5.76 Å². The molecule has 1 atom stereocenters. The Morgan fingerprint density at radius 2 is 1.63 bits per heavy atom. The Bertz CT molecular complexity index is 932. The molecule has 140 valence electrons. The number of ketones is 1. The Morgan fingerprint density at radius 1 is 1.00 bits per heavy atom. The van der Waals surface area contributed by atoms with E-state index in [2.05, 4.69) is 0 Å². The molecule has 1 fully saturated rings. The third-order valence-corrected chi connectivity index (χ3v) is 4.54. The highest BCUT2D eigenvalue weighted by molar-refractivity contribution is 6.46. The summed E-state index contributed by atoms with van der Waals surface area (Å²) in [6.45, 7) is 0. The molecular weight excluding hydrogens is 350 g/mol. The van der Waals surface area contributed by atoms with Gasteiger partial charge in [-0.25, -0.2) is 0 Å². The number of aliphatic hydroxyl groups excluding tert-OH is 1. The third kappa shape index (κ3) is 3.08. The van der Waals surface area contributed by atoms with Gasteiger partial charge in [0.05, 0.1) is 25.8 Å². The van der Waals surface area contributed by atoms with Gasteiger partial charge in [0.25, 0.3) is 11.7 Å². The molecule has 0 aliphatic carbocycles. The maximum absolute atomic E-state index is 12.5. The Kier molecular flexibility index (Phi) is 4.77. The van der Waals surface area contributed by atoms with Crippen molar-refractivity contribution in [2.75, 3.05) is 21.3 Å². The summed E-state index contributed by atoms with van der Waals surface area (Å²) in [5.74, 6) is -0.880. The number of likely N-dealkylation sites (N-methyl/N-ethyl adjacent to an activating group) is 1. The Labute approximate surface area is 156 Å². The highest BCUT2D eigenvalue weighted by Gasteiger charge is 2.44. The van der Waals surface area contributed by atoms with Crippen molar-refractivity contribution < 1.29 is 29.3 Å². The van der Waals surface area contributed by atoms with E-state index in [-0.39, 0.29) is 17.1 Å². The van der Waals surface area contributed by atoms with E-state index in [9.17, 15) is 19.8 Å². The van der Waals surface area contributed by atoms with Crippen LogP contribution in [0.5, 0.6) is 17.2 Å². The van der Waals surface area contributed by atoms with Crippen LogP contribution in [0.2, 0.25) is 0 Å². The molecule has 7 heteroatoms. The van der Waals surface area contributed by atoms with Crippen molar-refractivity contribution in [1.82, 2.24) is 4.90 Å². The molecule has 1 aliphatic heterocycles. The Morgan fingerprint density at radius 3 is 2.22 bits per heavy atom. The number of Topliss-reactive ketones (excluding diaryl/α,β-unsaturated/α-hetero) is 1. The number of nitrogens with zero attached hydrogens (tertiary/aromatic N) is 1. The summed E-state index contributed by atoms with van der Waals surface area (Å²) < 4.78 is 10.4. The van der Waals surface area contributed by atoms with Crippen LogP contribution in [-0.2, 0) is 9.59 Å². The average molecular weight is 369 g/mol. The molecule has 3 rings (SSSR count). The van der Waals surface area contributed by atoms with Gasteiger partial charge >= 0.3 is 0 Å². The first kappa shape index (κ1) is 18.3. The second-order valence-corrected chi connectivity index (χ2v) is 6.07. The van der Waals surface area contributed by atoms with Gasteiger partial charge in [0.2, 0.25) is 0 Å². The maximum Gasteiger partial charge on any atom is 0.295 e. The summed E-state index contributed by atoms with van der Waals surface area (Å²) in [7, 11) is 4.45. The molecule has 0 aromatic heterocycles. The number of carbonyl (C=O) groups excluding carboxylic acids is 2. The highest BCUT2D eigenvalue weighted by atomic mass is 16.5. The number of aromatic hydroxyl groups is 1. The van der Waals surface area contributed by atoms with Gasteiger partial charge in [0.1, 0.15) is 11.5 Å². The fourth-order valence-electron chi connectivity index (χ4n) is 3.13. The van der Waals surface area contributed by atoms with Crippen LogP contribution >= 0.6 is 0 Å². The average Bonchev–Trinajstić information content (AvgIpc) is 2.91. The van der Waals surface area contributed by atoms with Crippen molar-refractivity contribution in [3.05, 3.63) is 59.2 Å². The van der Waals surface area contributed by atoms with E-state index in [1.807, 2.05) is 0 Å². The predicted octanol–water partition coefficient (Wildman–Crippen LogP) is 2.46. The van der Waals surface area contributed by atoms with Crippen molar-refractivity contribution in [3.63, 3.8) is 0 Å². The van der Waals surface area contributed by atoms with Gasteiger partial charge in [0, 0.05) is 12.6 Å². The van der Waals surface area contributed by atoms with Crippen LogP contribution in [0.3, 0.4) is 0 Å². The number of hydrogen-bond donors (Lipinski definition) is 2. The van der Waals surface area contributed by atoms with Crippen molar-refractivity contribution >= 4 is 17.4 Å². The molecule has 2 N–H and O–H groups in total. The van der Waals surface area contributed by atoms with E-state index in [0.717, 1.165) is 0 Å². The summed E-state index contributed by atoms with van der Waals surface area (Å²) in [5, 5.41) is 20.3. The molecule has 0 spiro atoms. The van der Waals surface area contributed by atoms with E-state index in [0.29, 0.717) is 22.6 Å². The van der Waals surface area contributed by atoms with Crippen molar-refractivity contribution in [3.8, 4) is 17.2 Å². The second-order valence-electron chi connectivity index (χ2n) is 6.07. The van der Waals surface area contributed by atoms with Crippen LogP contribution in [0.1, 0.15) is 17.2 Å². The van der Waals surface area contributed by atoms with E-state index < -0.39 is 17.7 Å². The molecule has 7 nitrogen and oxygen atoms in total. The molecule has 1 aliphatic rings. The molecule has 1 unspecified atom stereocenters. The summed E-state index contributed by atoms with van der Waals surface area (Å²) in [5.41, 5.74) is 0.889. The molecule has 1 saturated heterocycles. The molecule has 2 aromatic carbocycles. The predicted molar refractivity (Wildman–Crippen MR) is 97.7 cm³/mol. The Hall–Kier alpha value is -3.48. The van der Waals surface area contributed by atoms with Gasteiger partial charge in [-0.2, -0.15) is 0 Å². The summed E-state index contributed by atoms with van der Waals surface area (Å²) in [6.07, 6.45) is 0. The molecule has 0 radical (unpaired) electrons. The minimum Gasteiger partial charge on any atom is -0.508 e. The molecule has 1 amide bonds. The number of rotatable bonds is 4. The van der Waals surface area contributed by atoms with Crippen LogP contribution in [-0.4, -0.2) is 48.1 Å². The number of phenolic OH excluding ortho intramolecular Hbond substituents is 1. The number of carbonyl (C=O) groups is 2. The van der Waals surface area contributed by atoms with Gasteiger partial charge in [-0.1, -0.05) is 12.1 Å². The number of methoxy groups -OCH3 is 2. The Balaban J connectivity index is 2.16. The lowest BCUT2D eigenvalue weighted by atomic mass is 9.95. The fourth-order valence-corrected chi connectivity index (χ4v) is 3.13. The van der Waals surface area contributed by atoms with Gasteiger partial charge < -0.3 is 24.6 Å². The zero-order valence-corrected chi connectivity index (χ0v) is 15.1. The summed E-state index contributed by atoms with van der Waals surface area (Å²) in [4.78, 5) is 26.1. The molecule has 0 saturated carbocycles. The highest BCUT2D eigenvalue weighted by Crippen LogP contribution is 2.40. The monoisotopic (exact) mass is 369 g/mol. The van der Waals surface area contributed by atoms with Gasteiger partial charge in [-0.15, -0.1) is 0 Å². The quantitative estimate of drug-likeness (QED) is 0.488. The molecule has 2 aromatic rings. The van der Waals surface area contributed by atoms with E-state index in [4.69, 9.17) is 9.47 Å². The van der Waals surface area contributed by atoms with Crippen LogP contribution in [0.4, 0.5) is 0 Å². The lowest BCUT2D eigenvalue weighted by molar-refractivity contribution is -0.139. The summed E-state index contributed by atoms with van der Waals surface area (Å²) in [6, 6.07) is 10.1. The lowest BCUT2D eigenvalue weighted by Gasteiger charge is -2.21. The fraction of sp³-hybridized carbons (Fsp3) is 0.200. The number of benzene rings is 2. The standard InChI is InChI=1S/C20H19NO6/c1-21-17(11-4-7-13(22)8-5-11)16(19(24)20(21)25)18(23)12-6-9-14(26-2)15(10-12)27-3/h4-10,17,22-23H,1-3H3/b18-16-. The van der Waals surface area contributed by atoms with E-state index >= 15 is 0 Å². The number of ether oxygens (including phenoxy) is 2. The maximum atomic E-state index is 12.5. The van der Waals surface area contributed by atoms with Crippen LogP contribution in [0.15, 0.2) is 48.0 Å². The number of aliphatic hydroxyl groups is 1. The van der Waals surface area contributed by atoms with Crippen LogP contribution in [0, 0.1) is 0 Å². The number of hydrogen-bond acceptors (Lipinski definition) is 6. The third-order valence-electron chi connectivity index (χ3n) is 4.54. The van der Waals surface area contributed by atoms with Crippen LogP contribution < -0.4 is 9.47 Å². The minimum atomic E-state index is -0.775. The van der Waals surface area contributed by atoms with Gasteiger partial charge in [0.15, 0.2) is 11.5 Å². The van der Waals surface area contributed by atoms with Crippen molar-refractivity contribution in [1.29, 1.82) is 0 Å².